The van der Waals surface area contributed by atoms with Crippen LogP contribution in [-0.4, -0.2) is 15.8 Å². The van der Waals surface area contributed by atoms with E-state index in [9.17, 15) is 4.79 Å². The maximum absolute atomic E-state index is 11.2. The molecule has 0 bridgehead atoms. The predicted molar refractivity (Wildman–Crippen MR) is 58.7 cm³/mol. The van der Waals surface area contributed by atoms with Crippen LogP contribution in [0.4, 0.5) is 0 Å². The molecule has 0 saturated carbocycles. The maximum Gasteiger partial charge on any atom is 0.130 e. The number of aromatic nitrogens is 2. The second kappa shape index (κ2) is 4.17. The van der Waals surface area contributed by atoms with Crippen molar-refractivity contribution in [1.82, 2.24) is 9.97 Å². The van der Waals surface area contributed by atoms with Gasteiger partial charge in [-0.25, -0.2) is 0 Å². The fourth-order valence-corrected chi connectivity index (χ4v) is 1.80. The van der Waals surface area contributed by atoms with Crippen molar-refractivity contribution in [2.24, 2.45) is 0 Å². The number of carbonyl (C=O) groups is 1. The van der Waals surface area contributed by atoms with E-state index < -0.39 is 0 Å². The Labute approximate surface area is 88.5 Å². The van der Waals surface area contributed by atoms with Crippen LogP contribution in [0.15, 0.2) is 36.7 Å². The number of ketones is 1. The normalized spacial score (nSPS) is 10.8. The van der Waals surface area contributed by atoms with Gasteiger partial charge in [-0.2, -0.15) is 0 Å². The third kappa shape index (κ3) is 2.18. The molecule has 3 nitrogen and oxygen atoms in total. The van der Waals surface area contributed by atoms with E-state index in [2.05, 4.69) is 9.97 Å². The fraction of sp³-hybridized carbons (Fsp3) is 0.250. The van der Waals surface area contributed by atoms with Crippen molar-refractivity contribution >= 4 is 5.78 Å². The quantitative estimate of drug-likeness (QED) is 0.786. The molecule has 2 aromatic rings. The Balaban J connectivity index is 2.29. The number of hydrogen-bond acceptors (Lipinski definition) is 1. The van der Waals surface area contributed by atoms with Gasteiger partial charge < -0.3 is 9.97 Å². The minimum absolute atomic E-state index is 0.118. The second-order valence-electron chi connectivity index (χ2n) is 3.71. The van der Waals surface area contributed by atoms with Crippen LogP contribution in [0.5, 0.6) is 0 Å². The average molecular weight is 202 g/mol. The molecule has 78 valence electrons. The number of hydrogen-bond donors (Lipinski definition) is 2. The summed E-state index contributed by atoms with van der Waals surface area (Å²) >= 11 is 0. The molecule has 2 aromatic heterocycles. The molecule has 0 fully saturated rings. The number of aromatic amines is 2. The van der Waals surface area contributed by atoms with Crippen LogP contribution in [0.25, 0.3) is 0 Å². The van der Waals surface area contributed by atoms with E-state index in [4.69, 9.17) is 0 Å². The summed E-state index contributed by atoms with van der Waals surface area (Å²) in [5, 5.41) is 0. The van der Waals surface area contributed by atoms with Gasteiger partial charge >= 0.3 is 0 Å². The highest BCUT2D eigenvalue weighted by Crippen LogP contribution is 2.25. The summed E-state index contributed by atoms with van der Waals surface area (Å²) in [6.07, 6.45) is 4.29. The zero-order chi connectivity index (χ0) is 10.7. The monoisotopic (exact) mass is 202 g/mol. The van der Waals surface area contributed by atoms with Gasteiger partial charge in [0, 0.05) is 36.1 Å². The van der Waals surface area contributed by atoms with Crippen molar-refractivity contribution in [3.63, 3.8) is 0 Å². The lowest BCUT2D eigenvalue weighted by atomic mass is 9.96. The summed E-state index contributed by atoms with van der Waals surface area (Å²) in [6.45, 7) is 1.62. The Kier molecular flexibility index (Phi) is 2.72. The van der Waals surface area contributed by atoms with Gasteiger partial charge in [0.15, 0.2) is 0 Å². The summed E-state index contributed by atoms with van der Waals surface area (Å²) in [7, 11) is 0. The zero-order valence-corrected chi connectivity index (χ0v) is 8.66. The van der Waals surface area contributed by atoms with Gasteiger partial charge in [0.05, 0.1) is 0 Å². The number of rotatable bonds is 4. The average Bonchev–Trinajstić information content (AvgIpc) is 2.87. The molecule has 0 saturated heterocycles. The summed E-state index contributed by atoms with van der Waals surface area (Å²) < 4.78 is 0. The van der Waals surface area contributed by atoms with Gasteiger partial charge in [-0.3, -0.25) is 4.79 Å². The van der Waals surface area contributed by atoms with Crippen molar-refractivity contribution < 1.29 is 4.79 Å². The highest BCUT2D eigenvalue weighted by atomic mass is 16.1. The van der Waals surface area contributed by atoms with E-state index in [1.807, 2.05) is 36.7 Å². The molecule has 0 aliphatic heterocycles. The van der Waals surface area contributed by atoms with Gasteiger partial charge in [0.1, 0.15) is 5.78 Å². The maximum atomic E-state index is 11.2. The van der Waals surface area contributed by atoms with Crippen LogP contribution in [-0.2, 0) is 4.79 Å². The Bertz CT molecular complexity index is 380. The highest BCUT2D eigenvalue weighted by molar-refractivity contribution is 5.76. The first kappa shape index (κ1) is 9.77. The van der Waals surface area contributed by atoms with Crippen LogP contribution in [0, 0.1) is 0 Å². The van der Waals surface area contributed by atoms with E-state index in [0.29, 0.717) is 6.42 Å². The van der Waals surface area contributed by atoms with E-state index >= 15 is 0 Å². The van der Waals surface area contributed by atoms with Crippen LogP contribution >= 0.6 is 0 Å². The first-order valence-electron chi connectivity index (χ1n) is 5.03. The lowest BCUT2D eigenvalue weighted by Gasteiger charge is -2.12. The van der Waals surface area contributed by atoms with Gasteiger partial charge in [0.25, 0.3) is 0 Å². The van der Waals surface area contributed by atoms with Gasteiger partial charge in [-0.15, -0.1) is 0 Å². The number of nitrogens with one attached hydrogen (secondary N) is 2. The van der Waals surface area contributed by atoms with Crippen molar-refractivity contribution in [1.29, 1.82) is 0 Å². The molecule has 0 atom stereocenters. The molecule has 3 heteroatoms. The first-order valence-corrected chi connectivity index (χ1v) is 5.03. The molecule has 0 aliphatic rings. The van der Waals surface area contributed by atoms with E-state index in [1.54, 1.807) is 6.92 Å². The van der Waals surface area contributed by atoms with Crippen molar-refractivity contribution in [3.8, 4) is 0 Å². The fourth-order valence-electron chi connectivity index (χ4n) is 1.80. The number of carbonyl (C=O) groups excluding carboxylic acids is 1. The first-order chi connectivity index (χ1) is 7.27. The molecule has 0 aromatic carbocycles. The molecule has 0 amide bonds. The molecule has 0 unspecified atom stereocenters. The zero-order valence-electron chi connectivity index (χ0n) is 8.66. The predicted octanol–water partition coefficient (Wildman–Crippen LogP) is 2.45. The van der Waals surface area contributed by atoms with Crippen LogP contribution in [0.1, 0.15) is 30.7 Å². The van der Waals surface area contributed by atoms with Crippen LogP contribution in [0.2, 0.25) is 0 Å². The van der Waals surface area contributed by atoms with Crippen molar-refractivity contribution in [3.05, 3.63) is 48.0 Å². The van der Waals surface area contributed by atoms with Crippen molar-refractivity contribution in [2.45, 2.75) is 19.3 Å². The van der Waals surface area contributed by atoms with Gasteiger partial charge in [-0.1, -0.05) is 0 Å². The number of H-pyrrole nitrogens is 2. The lowest BCUT2D eigenvalue weighted by Crippen LogP contribution is -2.06. The Morgan fingerprint density at radius 3 is 2.07 bits per heavy atom. The molecule has 0 aliphatic carbocycles. The standard InChI is InChI=1S/C12H14N2O/c1-9(15)8-10(11-4-2-6-13-11)12-5-3-7-14-12/h2-7,10,13-14H,8H2,1H3. The third-order valence-electron chi connectivity index (χ3n) is 2.49. The summed E-state index contributed by atoms with van der Waals surface area (Å²) in [4.78, 5) is 17.5. The molecule has 0 radical (unpaired) electrons. The summed E-state index contributed by atoms with van der Waals surface area (Å²) in [6, 6.07) is 7.92. The second-order valence-corrected chi connectivity index (χ2v) is 3.71. The van der Waals surface area contributed by atoms with Crippen LogP contribution in [0.3, 0.4) is 0 Å². The Morgan fingerprint density at radius 1 is 1.20 bits per heavy atom. The molecular weight excluding hydrogens is 188 g/mol. The molecule has 15 heavy (non-hydrogen) atoms. The minimum atomic E-state index is 0.118. The summed E-state index contributed by atoms with van der Waals surface area (Å²) in [5.74, 6) is 0.316. The van der Waals surface area contributed by atoms with Gasteiger partial charge in [0.2, 0.25) is 0 Å². The molecule has 2 heterocycles. The van der Waals surface area contributed by atoms with Crippen molar-refractivity contribution in [2.75, 3.05) is 0 Å². The molecule has 2 N–H and O–H groups in total. The largest absolute Gasteiger partial charge is 0.364 e. The minimum Gasteiger partial charge on any atom is -0.364 e. The topological polar surface area (TPSA) is 48.6 Å². The van der Waals surface area contributed by atoms with E-state index in [0.717, 1.165) is 11.4 Å². The highest BCUT2D eigenvalue weighted by Gasteiger charge is 2.17. The number of Topliss-reactive ketones (excluding diaryl/α,β-unsaturated/α-hetero) is 1. The lowest BCUT2D eigenvalue weighted by molar-refractivity contribution is -0.117. The third-order valence-corrected chi connectivity index (χ3v) is 2.49. The Morgan fingerprint density at radius 2 is 1.73 bits per heavy atom. The van der Waals surface area contributed by atoms with E-state index in [1.165, 1.54) is 0 Å². The Hall–Kier alpha value is -1.77. The SMILES string of the molecule is CC(=O)CC(c1ccc[nH]1)c1ccc[nH]1. The van der Waals surface area contributed by atoms with E-state index in [-0.39, 0.29) is 11.7 Å². The molecular formula is C12H14N2O. The summed E-state index contributed by atoms with van der Waals surface area (Å²) in [5.41, 5.74) is 2.15. The molecule has 2 rings (SSSR count). The molecule has 0 spiro atoms. The van der Waals surface area contributed by atoms with Gasteiger partial charge in [-0.05, 0) is 31.2 Å². The smallest absolute Gasteiger partial charge is 0.130 e. The van der Waals surface area contributed by atoms with Crippen LogP contribution < -0.4 is 0 Å².